The molecular formula is C13H25NO2. The van der Waals surface area contributed by atoms with E-state index in [1.54, 1.807) is 0 Å². The van der Waals surface area contributed by atoms with E-state index in [-0.39, 0.29) is 11.5 Å². The van der Waals surface area contributed by atoms with Gasteiger partial charge in [-0.1, -0.05) is 13.8 Å². The highest BCUT2D eigenvalue weighted by atomic mass is 16.3. The van der Waals surface area contributed by atoms with Crippen LogP contribution in [0.15, 0.2) is 0 Å². The van der Waals surface area contributed by atoms with Crippen LogP contribution >= 0.6 is 0 Å². The Labute approximate surface area is 98.8 Å². The molecule has 16 heavy (non-hydrogen) atoms. The normalized spacial score (nSPS) is 24.6. The van der Waals surface area contributed by atoms with Gasteiger partial charge in [0.25, 0.3) is 0 Å². The van der Waals surface area contributed by atoms with Crippen LogP contribution in [0.25, 0.3) is 0 Å². The second kappa shape index (κ2) is 5.78. The third-order valence-corrected chi connectivity index (χ3v) is 4.19. The van der Waals surface area contributed by atoms with E-state index < -0.39 is 0 Å². The molecule has 2 atom stereocenters. The zero-order valence-electron chi connectivity index (χ0n) is 10.8. The molecule has 1 rings (SSSR count). The maximum Gasteiger partial charge on any atom is 0.127 e. The van der Waals surface area contributed by atoms with Gasteiger partial charge < -0.3 is 14.8 Å². The standard InChI is InChI=1S/C13H25NO2/c1-4-13(5-2,10-15)9-14-7-6-12(8-14)11(3)16/h10-12,16H,4-9H2,1-3H3. The second-order valence-corrected chi connectivity index (χ2v) is 5.21. The van der Waals surface area contributed by atoms with Crippen LogP contribution in [0.4, 0.5) is 0 Å². The fraction of sp³-hybridized carbons (Fsp3) is 0.923. The number of hydrogen-bond acceptors (Lipinski definition) is 3. The Balaban J connectivity index is 2.52. The third-order valence-electron chi connectivity index (χ3n) is 4.19. The maximum absolute atomic E-state index is 11.2. The second-order valence-electron chi connectivity index (χ2n) is 5.21. The Kier molecular flexibility index (Phi) is 4.93. The van der Waals surface area contributed by atoms with E-state index in [0.29, 0.717) is 5.92 Å². The van der Waals surface area contributed by atoms with E-state index in [0.717, 1.165) is 45.2 Å². The third kappa shape index (κ3) is 3.05. The lowest BCUT2D eigenvalue weighted by atomic mass is 9.83. The van der Waals surface area contributed by atoms with Gasteiger partial charge in [0.2, 0.25) is 0 Å². The number of likely N-dealkylation sites (tertiary alicyclic amines) is 1. The summed E-state index contributed by atoms with van der Waals surface area (Å²) in [5.74, 6) is 0.387. The van der Waals surface area contributed by atoms with Crippen molar-refractivity contribution >= 4 is 6.29 Å². The summed E-state index contributed by atoms with van der Waals surface area (Å²) in [5, 5.41) is 9.54. The first kappa shape index (κ1) is 13.7. The minimum absolute atomic E-state index is 0.173. The van der Waals surface area contributed by atoms with Gasteiger partial charge in [-0.15, -0.1) is 0 Å². The predicted octanol–water partition coefficient (Wildman–Crippen LogP) is 1.69. The predicted molar refractivity (Wildman–Crippen MR) is 65.3 cm³/mol. The summed E-state index contributed by atoms with van der Waals surface area (Å²) in [6, 6.07) is 0. The molecule has 0 aromatic carbocycles. The lowest BCUT2D eigenvalue weighted by molar-refractivity contribution is -0.117. The zero-order chi connectivity index (χ0) is 12.2. The summed E-state index contributed by atoms with van der Waals surface area (Å²) in [5.41, 5.74) is -0.173. The van der Waals surface area contributed by atoms with Crippen LogP contribution in [-0.4, -0.2) is 42.0 Å². The number of aliphatic hydroxyl groups excluding tert-OH is 1. The topological polar surface area (TPSA) is 40.5 Å². The van der Waals surface area contributed by atoms with E-state index in [1.165, 1.54) is 0 Å². The smallest absolute Gasteiger partial charge is 0.127 e. The summed E-state index contributed by atoms with van der Waals surface area (Å²) in [6.07, 6.45) is 3.77. The number of aldehydes is 1. The molecule has 0 radical (unpaired) electrons. The molecule has 1 aliphatic rings. The Morgan fingerprint density at radius 2 is 2.12 bits per heavy atom. The molecule has 1 N–H and O–H groups in total. The van der Waals surface area contributed by atoms with Gasteiger partial charge in [-0.2, -0.15) is 0 Å². The molecule has 94 valence electrons. The van der Waals surface area contributed by atoms with Crippen molar-refractivity contribution < 1.29 is 9.90 Å². The molecule has 1 fully saturated rings. The average molecular weight is 227 g/mol. The molecule has 1 heterocycles. The maximum atomic E-state index is 11.2. The quantitative estimate of drug-likeness (QED) is 0.702. The highest BCUT2D eigenvalue weighted by Gasteiger charge is 2.33. The molecule has 0 bridgehead atoms. The molecule has 0 aliphatic carbocycles. The molecule has 3 nitrogen and oxygen atoms in total. The van der Waals surface area contributed by atoms with Crippen molar-refractivity contribution in [3.63, 3.8) is 0 Å². The Hall–Kier alpha value is -0.410. The van der Waals surface area contributed by atoms with Crippen molar-refractivity contribution in [3.05, 3.63) is 0 Å². The first-order valence-electron chi connectivity index (χ1n) is 6.43. The van der Waals surface area contributed by atoms with E-state index in [4.69, 9.17) is 0 Å². The number of rotatable bonds is 6. The van der Waals surface area contributed by atoms with Gasteiger partial charge in [0.1, 0.15) is 6.29 Å². The summed E-state index contributed by atoms with van der Waals surface area (Å²) in [6.45, 7) is 8.84. The van der Waals surface area contributed by atoms with E-state index in [2.05, 4.69) is 18.7 Å². The molecule has 1 saturated heterocycles. The molecule has 0 aromatic rings. The van der Waals surface area contributed by atoms with Crippen molar-refractivity contribution in [1.82, 2.24) is 4.90 Å². The van der Waals surface area contributed by atoms with E-state index in [1.807, 2.05) is 6.92 Å². The number of carbonyl (C=O) groups is 1. The molecule has 0 spiro atoms. The minimum atomic E-state index is -0.223. The van der Waals surface area contributed by atoms with Crippen molar-refractivity contribution in [1.29, 1.82) is 0 Å². The summed E-state index contributed by atoms with van der Waals surface area (Å²) < 4.78 is 0. The van der Waals surface area contributed by atoms with Crippen molar-refractivity contribution in [2.75, 3.05) is 19.6 Å². The minimum Gasteiger partial charge on any atom is -0.393 e. The Morgan fingerprint density at radius 1 is 1.50 bits per heavy atom. The van der Waals surface area contributed by atoms with Crippen LogP contribution in [0.1, 0.15) is 40.0 Å². The van der Waals surface area contributed by atoms with Gasteiger partial charge in [-0.05, 0) is 38.6 Å². The molecule has 0 saturated carbocycles. The largest absolute Gasteiger partial charge is 0.393 e. The van der Waals surface area contributed by atoms with Gasteiger partial charge in [-0.25, -0.2) is 0 Å². The lowest BCUT2D eigenvalue weighted by Gasteiger charge is -2.30. The number of hydrogen-bond donors (Lipinski definition) is 1. The average Bonchev–Trinajstić information content (AvgIpc) is 2.74. The molecular weight excluding hydrogens is 202 g/mol. The Bertz CT molecular complexity index is 224. The summed E-state index contributed by atoms with van der Waals surface area (Å²) in [4.78, 5) is 13.5. The lowest BCUT2D eigenvalue weighted by Crippen LogP contribution is -2.37. The SMILES string of the molecule is CCC(C=O)(CC)CN1CCC(C(C)O)C1. The molecule has 0 amide bonds. The van der Waals surface area contributed by atoms with Gasteiger partial charge in [0, 0.05) is 18.5 Å². The Morgan fingerprint density at radius 3 is 2.50 bits per heavy atom. The van der Waals surface area contributed by atoms with E-state index >= 15 is 0 Å². The molecule has 0 aromatic heterocycles. The fourth-order valence-corrected chi connectivity index (χ4v) is 2.52. The zero-order valence-corrected chi connectivity index (χ0v) is 10.8. The highest BCUT2D eigenvalue weighted by molar-refractivity contribution is 5.59. The number of carbonyl (C=O) groups excluding carboxylic acids is 1. The van der Waals surface area contributed by atoms with Gasteiger partial charge in [0.15, 0.2) is 0 Å². The highest BCUT2D eigenvalue weighted by Crippen LogP contribution is 2.28. The van der Waals surface area contributed by atoms with E-state index in [9.17, 15) is 9.90 Å². The van der Waals surface area contributed by atoms with Crippen LogP contribution in [-0.2, 0) is 4.79 Å². The van der Waals surface area contributed by atoms with Gasteiger partial charge >= 0.3 is 0 Å². The first-order chi connectivity index (χ1) is 7.56. The monoisotopic (exact) mass is 227 g/mol. The molecule has 3 heteroatoms. The van der Waals surface area contributed by atoms with Gasteiger partial charge in [-0.3, -0.25) is 0 Å². The number of aliphatic hydroxyl groups is 1. The fourth-order valence-electron chi connectivity index (χ4n) is 2.52. The van der Waals surface area contributed by atoms with Crippen LogP contribution in [0.2, 0.25) is 0 Å². The van der Waals surface area contributed by atoms with Crippen molar-refractivity contribution in [2.45, 2.75) is 46.1 Å². The van der Waals surface area contributed by atoms with Crippen LogP contribution in [0.5, 0.6) is 0 Å². The van der Waals surface area contributed by atoms with Crippen molar-refractivity contribution in [3.8, 4) is 0 Å². The van der Waals surface area contributed by atoms with Gasteiger partial charge in [0.05, 0.1) is 6.10 Å². The van der Waals surface area contributed by atoms with Crippen LogP contribution < -0.4 is 0 Å². The van der Waals surface area contributed by atoms with Crippen LogP contribution in [0, 0.1) is 11.3 Å². The number of nitrogens with zero attached hydrogens (tertiary/aromatic N) is 1. The molecule has 1 aliphatic heterocycles. The summed E-state index contributed by atoms with van der Waals surface area (Å²) >= 11 is 0. The first-order valence-corrected chi connectivity index (χ1v) is 6.43. The molecule has 2 unspecified atom stereocenters. The van der Waals surface area contributed by atoms with Crippen LogP contribution in [0.3, 0.4) is 0 Å². The van der Waals surface area contributed by atoms with Crippen molar-refractivity contribution in [2.24, 2.45) is 11.3 Å². The summed E-state index contributed by atoms with van der Waals surface area (Å²) in [7, 11) is 0.